The third kappa shape index (κ3) is 7.16. The summed E-state index contributed by atoms with van der Waals surface area (Å²) in [6.07, 6.45) is 10.2. The van der Waals surface area contributed by atoms with Gasteiger partial charge in [0.15, 0.2) is 0 Å². The fourth-order valence-electron chi connectivity index (χ4n) is 2.26. The molecule has 2 nitrogen and oxygen atoms in total. The van der Waals surface area contributed by atoms with Gasteiger partial charge in [-0.25, -0.2) is 0 Å². The molecule has 0 spiro atoms. The van der Waals surface area contributed by atoms with E-state index in [1.165, 1.54) is 50.5 Å². The van der Waals surface area contributed by atoms with Crippen LogP contribution in [0.1, 0.15) is 57.4 Å². The number of hydrogen-bond acceptors (Lipinski definition) is 2. The Kier molecular flexibility index (Phi) is 9.52. The highest BCUT2D eigenvalue weighted by Gasteiger charge is 2.03. The topological polar surface area (TPSA) is 29.5 Å². The summed E-state index contributed by atoms with van der Waals surface area (Å²) in [7, 11) is 0. The predicted molar refractivity (Wildman–Crippen MR) is 85.7 cm³/mol. The van der Waals surface area contributed by atoms with Crippen molar-refractivity contribution in [3.63, 3.8) is 0 Å². The molecule has 1 N–H and O–H groups in total. The number of ether oxygens (including phenoxy) is 1. The highest BCUT2D eigenvalue weighted by molar-refractivity contribution is 6.31. The van der Waals surface area contributed by atoms with Crippen LogP contribution >= 0.6 is 11.6 Å². The van der Waals surface area contributed by atoms with Crippen molar-refractivity contribution in [2.24, 2.45) is 0 Å². The van der Waals surface area contributed by atoms with Gasteiger partial charge in [0.05, 0.1) is 6.61 Å². The van der Waals surface area contributed by atoms with Crippen molar-refractivity contribution in [3.8, 4) is 5.75 Å². The van der Waals surface area contributed by atoms with Gasteiger partial charge in [0, 0.05) is 5.02 Å². The third-order valence-corrected chi connectivity index (χ3v) is 3.79. The smallest absolute Gasteiger partial charge is 0.120 e. The van der Waals surface area contributed by atoms with Gasteiger partial charge in [-0.2, -0.15) is 0 Å². The summed E-state index contributed by atoms with van der Waals surface area (Å²) in [6, 6.07) is 5.80. The fourth-order valence-corrected chi connectivity index (χ4v) is 2.52. The van der Waals surface area contributed by atoms with Crippen molar-refractivity contribution >= 4 is 11.6 Å². The van der Waals surface area contributed by atoms with Gasteiger partial charge >= 0.3 is 0 Å². The first kappa shape index (κ1) is 17.3. The average Bonchev–Trinajstić information content (AvgIpc) is 2.46. The standard InChI is InChI=1S/C17H27ClO2/c1-2-3-4-5-6-7-8-9-15-10-11-16(14-17(15)18)20-13-12-19/h10-11,14,19H,2-9,12-13H2,1H3. The second kappa shape index (κ2) is 11.0. The minimum absolute atomic E-state index is 0.0252. The van der Waals surface area contributed by atoms with Crippen molar-refractivity contribution in [2.75, 3.05) is 13.2 Å². The summed E-state index contributed by atoms with van der Waals surface area (Å²) in [5.41, 5.74) is 1.19. The van der Waals surface area contributed by atoms with E-state index in [4.69, 9.17) is 21.4 Å². The molecule has 0 amide bonds. The minimum Gasteiger partial charge on any atom is -0.491 e. The monoisotopic (exact) mass is 298 g/mol. The van der Waals surface area contributed by atoms with E-state index in [1.54, 1.807) is 0 Å². The highest BCUT2D eigenvalue weighted by atomic mass is 35.5. The molecular formula is C17H27ClO2. The molecule has 0 aliphatic rings. The first-order valence-corrected chi connectivity index (χ1v) is 8.17. The van der Waals surface area contributed by atoms with E-state index in [9.17, 15) is 0 Å². The maximum atomic E-state index is 8.71. The Morgan fingerprint density at radius 2 is 1.75 bits per heavy atom. The molecule has 0 unspecified atom stereocenters. The van der Waals surface area contributed by atoms with Crippen LogP contribution in [0.2, 0.25) is 5.02 Å². The van der Waals surface area contributed by atoms with Gasteiger partial charge in [-0.15, -0.1) is 0 Å². The zero-order chi connectivity index (χ0) is 14.6. The lowest BCUT2D eigenvalue weighted by Crippen LogP contribution is -2.01. The largest absolute Gasteiger partial charge is 0.491 e. The van der Waals surface area contributed by atoms with Crippen LogP contribution in [0.25, 0.3) is 0 Å². The van der Waals surface area contributed by atoms with Gasteiger partial charge < -0.3 is 9.84 Å². The van der Waals surface area contributed by atoms with Gasteiger partial charge in [-0.05, 0) is 30.5 Å². The normalized spacial score (nSPS) is 10.8. The minimum atomic E-state index is 0.0252. The maximum absolute atomic E-state index is 8.71. The van der Waals surface area contributed by atoms with Gasteiger partial charge in [-0.1, -0.05) is 63.1 Å². The zero-order valence-corrected chi connectivity index (χ0v) is 13.3. The summed E-state index contributed by atoms with van der Waals surface area (Å²) in [4.78, 5) is 0. The Bertz CT molecular complexity index is 366. The molecule has 0 saturated carbocycles. The molecule has 0 heterocycles. The number of aryl methyl sites for hydroxylation is 1. The Labute approximate surface area is 128 Å². The number of aliphatic hydroxyl groups is 1. The van der Waals surface area contributed by atoms with Gasteiger partial charge in [0.1, 0.15) is 12.4 Å². The van der Waals surface area contributed by atoms with Gasteiger partial charge in [-0.3, -0.25) is 0 Å². The number of unbranched alkanes of at least 4 members (excludes halogenated alkanes) is 6. The van der Waals surface area contributed by atoms with Crippen LogP contribution < -0.4 is 4.74 Å². The Balaban J connectivity index is 2.23. The lowest BCUT2D eigenvalue weighted by Gasteiger charge is -2.08. The Morgan fingerprint density at radius 1 is 1.05 bits per heavy atom. The molecule has 0 aliphatic heterocycles. The number of aliphatic hydroxyl groups excluding tert-OH is 1. The zero-order valence-electron chi connectivity index (χ0n) is 12.5. The van der Waals surface area contributed by atoms with Crippen LogP contribution in [0.3, 0.4) is 0 Å². The average molecular weight is 299 g/mol. The first-order valence-electron chi connectivity index (χ1n) is 7.80. The van der Waals surface area contributed by atoms with Crippen LogP contribution in [-0.4, -0.2) is 18.3 Å². The molecule has 0 aliphatic carbocycles. The van der Waals surface area contributed by atoms with Crippen molar-refractivity contribution in [1.82, 2.24) is 0 Å². The van der Waals surface area contributed by atoms with E-state index in [1.807, 2.05) is 18.2 Å². The third-order valence-electron chi connectivity index (χ3n) is 3.43. The molecule has 0 aromatic heterocycles. The molecule has 20 heavy (non-hydrogen) atoms. The van der Waals surface area contributed by atoms with Gasteiger partial charge in [0.25, 0.3) is 0 Å². The van der Waals surface area contributed by atoms with Gasteiger partial charge in [0.2, 0.25) is 0 Å². The summed E-state index contributed by atoms with van der Waals surface area (Å²) >= 11 is 6.25. The summed E-state index contributed by atoms with van der Waals surface area (Å²) < 4.78 is 5.34. The van der Waals surface area contributed by atoms with E-state index < -0.39 is 0 Å². The Hall–Kier alpha value is -0.730. The number of hydrogen-bond donors (Lipinski definition) is 1. The van der Waals surface area contributed by atoms with Crippen molar-refractivity contribution in [2.45, 2.75) is 58.3 Å². The molecule has 0 atom stereocenters. The number of halogens is 1. The maximum Gasteiger partial charge on any atom is 0.120 e. The lowest BCUT2D eigenvalue weighted by atomic mass is 10.0. The molecule has 0 saturated heterocycles. The molecular weight excluding hydrogens is 272 g/mol. The highest BCUT2D eigenvalue weighted by Crippen LogP contribution is 2.24. The molecule has 1 aromatic carbocycles. The number of rotatable bonds is 11. The molecule has 0 bridgehead atoms. The molecule has 1 rings (SSSR count). The number of benzene rings is 1. The van der Waals surface area contributed by atoms with E-state index in [0.717, 1.165) is 17.2 Å². The van der Waals surface area contributed by atoms with Crippen LogP contribution in [-0.2, 0) is 6.42 Å². The lowest BCUT2D eigenvalue weighted by molar-refractivity contribution is 0.201. The SMILES string of the molecule is CCCCCCCCCc1ccc(OCCO)cc1Cl. The molecule has 0 radical (unpaired) electrons. The summed E-state index contributed by atoms with van der Waals surface area (Å²) in [6.45, 7) is 2.58. The van der Waals surface area contributed by atoms with Crippen LogP contribution in [0.4, 0.5) is 0 Å². The quantitative estimate of drug-likeness (QED) is 0.582. The van der Waals surface area contributed by atoms with E-state index in [-0.39, 0.29) is 6.61 Å². The molecule has 1 aromatic rings. The van der Waals surface area contributed by atoms with Crippen molar-refractivity contribution in [3.05, 3.63) is 28.8 Å². The van der Waals surface area contributed by atoms with E-state index in [0.29, 0.717) is 6.61 Å². The second-order valence-electron chi connectivity index (χ2n) is 5.20. The first-order chi connectivity index (χ1) is 9.77. The van der Waals surface area contributed by atoms with Crippen molar-refractivity contribution in [1.29, 1.82) is 0 Å². The second-order valence-corrected chi connectivity index (χ2v) is 5.60. The molecule has 3 heteroatoms. The van der Waals surface area contributed by atoms with Crippen LogP contribution in [0.15, 0.2) is 18.2 Å². The molecule has 0 fully saturated rings. The predicted octanol–water partition coefficient (Wildman–Crippen LogP) is 5.00. The van der Waals surface area contributed by atoms with E-state index >= 15 is 0 Å². The molecule has 114 valence electrons. The summed E-state index contributed by atoms with van der Waals surface area (Å²) in [5, 5.41) is 9.48. The van der Waals surface area contributed by atoms with Crippen LogP contribution in [0, 0.1) is 0 Å². The van der Waals surface area contributed by atoms with Crippen LogP contribution in [0.5, 0.6) is 5.75 Å². The Morgan fingerprint density at radius 3 is 2.40 bits per heavy atom. The van der Waals surface area contributed by atoms with E-state index in [2.05, 4.69) is 6.92 Å². The fraction of sp³-hybridized carbons (Fsp3) is 0.647. The summed E-state index contributed by atoms with van der Waals surface area (Å²) in [5.74, 6) is 0.729. The van der Waals surface area contributed by atoms with Crippen molar-refractivity contribution < 1.29 is 9.84 Å².